The first kappa shape index (κ1) is 46.0. The Morgan fingerprint density at radius 1 is 0.811 bits per heavy atom. The number of aliphatic hydroxyl groups is 2. The van der Waals surface area contributed by atoms with Gasteiger partial charge in [0.05, 0.1) is 32.4 Å². The van der Waals surface area contributed by atoms with Crippen molar-refractivity contribution in [3.63, 3.8) is 0 Å². The molecule has 7 N–H and O–H groups in total. The first-order chi connectivity index (χ1) is 24.5. The summed E-state index contributed by atoms with van der Waals surface area (Å²) in [5.74, 6) is 0.293. The molecule has 0 saturated heterocycles. The summed E-state index contributed by atoms with van der Waals surface area (Å²) in [7, 11) is 0. The van der Waals surface area contributed by atoms with Crippen molar-refractivity contribution >= 4 is 29.3 Å². The molecule has 53 heavy (non-hydrogen) atoms. The summed E-state index contributed by atoms with van der Waals surface area (Å²) >= 11 is 11.5. The molecule has 0 aromatic heterocycles. The lowest BCUT2D eigenvalue weighted by Gasteiger charge is -2.36. The predicted molar refractivity (Wildman–Crippen MR) is 207 cm³/mol. The van der Waals surface area contributed by atoms with E-state index in [2.05, 4.69) is 12.2 Å². The van der Waals surface area contributed by atoms with Crippen molar-refractivity contribution < 1.29 is 28.9 Å². The van der Waals surface area contributed by atoms with Crippen molar-refractivity contribution in [2.75, 3.05) is 0 Å². The van der Waals surface area contributed by atoms with E-state index in [1.165, 1.54) is 12.1 Å². The highest BCUT2D eigenvalue weighted by Gasteiger charge is 2.32. The van der Waals surface area contributed by atoms with Gasteiger partial charge in [0.1, 0.15) is 34.9 Å². The highest BCUT2D eigenvalue weighted by molar-refractivity contribution is 6.32. The minimum absolute atomic E-state index is 0.134. The van der Waals surface area contributed by atoms with E-state index in [0.29, 0.717) is 28.2 Å². The summed E-state index contributed by atoms with van der Waals surface area (Å²) in [5.41, 5.74) is 10.7. The van der Waals surface area contributed by atoms with Gasteiger partial charge in [-0.15, -0.1) is 0 Å². The molecule has 0 bridgehead atoms. The molecule has 294 valence electrons. The quantitative estimate of drug-likeness (QED) is 0.204. The van der Waals surface area contributed by atoms with Gasteiger partial charge in [-0.05, 0) is 149 Å². The van der Waals surface area contributed by atoms with Crippen LogP contribution in [-0.4, -0.2) is 56.8 Å². The lowest BCUT2D eigenvalue weighted by Crippen LogP contribution is -2.44. The molecule has 5 rings (SSSR count). The Kier molecular flexibility index (Phi) is 17.8. The molecule has 0 atom stereocenters. The highest BCUT2D eigenvalue weighted by Crippen LogP contribution is 2.34. The number of nitrogens with zero attached hydrogens (tertiary/aromatic N) is 2. The van der Waals surface area contributed by atoms with E-state index in [0.717, 1.165) is 88.9 Å². The molecule has 13 heteroatoms. The number of nitrogens with two attached hydrogens (primary N) is 2. The fourth-order valence-electron chi connectivity index (χ4n) is 5.99. The number of carbonyl (C=O) groups is 1. The van der Waals surface area contributed by atoms with Crippen LogP contribution < -0.4 is 21.5 Å². The number of nitrogens with one attached hydrogen (secondary N) is 1. The van der Waals surface area contributed by atoms with Gasteiger partial charge in [0, 0.05) is 24.2 Å². The van der Waals surface area contributed by atoms with Crippen LogP contribution >= 0.6 is 23.2 Å². The fourth-order valence-corrected chi connectivity index (χ4v) is 6.41. The van der Waals surface area contributed by atoms with Crippen molar-refractivity contribution in [1.29, 1.82) is 10.5 Å². The summed E-state index contributed by atoms with van der Waals surface area (Å²) in [6.07, 6.45) is 10.3. The first-order valence-electron chi connectivity index (χ1n) is 18.2. The zero-order valence-corrected chi connectivity index (χ0v) is 33.5. The van der Waals surface area contributed by atoms with Crippen LogP contribution in [0.5, 0.6) is 5.75 Å². The van der Waals surface area contributed by atoms with Crippen molar-refractivity contribution in [1.82, 2.24) is 5.32 Å². The van der Waals surface area contributed by atoms with Crippen LogP contribution in [0.4, 0.5) is 9.18 Å². The SMILES string of the molecule is CC1(O)CCC(N)CC1.CC1(O)CCC(NC(=O)OC(C)(C)C)CC1.CC1(Oc2ccc(C#N)c(Cl)c2)CCC(N)CC1.N#Cc1ccc(F)cc1Cl. The van der Waals surface area contributed by atoms with Crippen LogP contribution in [0, 0.1) is 28.5 Å². The summed E-state index contributed by atoms with van der Waals surface area (Å²) in [6, 6.07) is 13.5. The summed E-state index contributed by atoms with van der Waals surface area (Å²) in [6.45, 7) is 11.4. The van der Waals surface area contributed by atoms with Crippen LogP contribution in [0.3, 0.4) is 0 Å². The maximum absolute atomic E-state index is 12.3. The van der Waals surface area contributed by atoms with Crippen molar-refractivity contribution in [3.8, 4) is 17.9 Å². The monoisotopic (exact) mass is 777 g/mol. The fraction of sp³-hybridized carbons (Fsp3) is 0.625. The Morgan fingerprint density at radius 3 is 1.66 bits per heavy atom. The van der Waals surface area contributed by atoms with E-state index in [9.17, 15) is 19.4 Å². The van der Waals surface area contributed by atoms with Gasteiger partial charge < -0.3 is 36.5 Å². The third-order valence-corrected chi connectivity index (χ3v) is 10.1. The van der Waals surface area contributed by atoms with Gasteiger partial charge in [0.15, 0.2) is 0 Å². The summed E-state index contributed by atoms with van der Waals surface area (Å²) < 4.78 is 23.5. The average Bonchev–Trinajstić information content (AvgIpc) is 3.05. The normalized spacial score (nSPS) is 28.0. The number of alkyl carbamates (subject to hydrolysis) is 1. The second-order valence-corrected chi connectivity index (χ2v) is 16.9. The number of ether oxygens (including phenoxy) is 2. The molecule has 0 unspecified atom stereocenters. The number of nitriles is 2. The third-order valence-electron chi connectivity index (χ3n) is 9.46. The molecule has 3 aliphatic rings. The maximum atomic E-state index is 12.3. The van der Waals surface area contributed by atoms with Crippen molar-refractivity contribution in [3.05, 3.63) is 63.4 Å². The zero-order chi connectivity index (χ0) is 40.0. The molecule has 2 aromatic carbocycles. The Morgan fingerprint density at radius 2 is 1.25 bits per heavy atom. The number of hydrogen-bond acceptors (Lipinski definition) is 9. The van der Waals surface area contributed by atoms with Gasteiger partial charge in [-0.3, -0.25) is 0 Å². The molecule has 0 heterocycles. The molecule has 10 nitrogen and oxygen atoms in total. The van der Waals surface area contributed by atoms with E-state index in [1.807, 2.05) is 46.8 Å². The standard InChI is InChI=1S/C14H17ClN2O.C12H23NO3.C7H3ClFN.C7H15NO/c1-14(6-4-11(17)5-7-14)18-12-3-2-10(9-16)13(15)8-12;1-11(2,3)16-10(14)13-9-5-7-12(4,15)8-6-9;8-7-3-6(9)2-1-5(7)4-10;1-7(9)4-2-6(8)3-5-7/h2-3,8,11H,4-7,17H2,1H3;9,15H,5-8H2,1-4H3,(H,13,14);1-3H;6,9H,2-5,8H2,1H3. The minimum atomic E-state index is -0.563. The van der Waals surface area contributed by atoms with Gasteiger partial charge in [0.25, 0.3) is 0 Å². The summed E-state index contributed by atoms with van der Waals surface area (Å²) in [5, 5.41) is 39.8. The van der Waals surface area contributed by atoms with Gasteiger partial charge in [-0.25, -0.2) is 9.18 Å². The molecule has 1 amide bonds. The Bertz CT molecular complexity index is 1540. The number of hydrogen-bond donors (Lipinski definition) is 5. The van der Waals surface area contributed by atoms with Gasteiger partial charge in [-0.1, -0.05) is 23.2 Å². The van der Waals surface area contributed by atoms with E-state index in [-0.39, 0.29) is 22.8 Å². The lowest BCUT2D eigenvalue weighted by molar-refractivity contribution is 0.00938. The van der Waals surface area contributed by atoms with Gasteiger partial charge in [-0.2, -0.15) is 10.5 Å². The molecule has 0 radical (unpaired) electrons. The molecule has 3 aliphatic carbocycles. The molecule has 0 spiro atoms. The maximum Gasteiger partial charge on any atom is 0.407 e. The molecular weight excluding hydrogens is 720 g/mol. The number of halogens is 3. The topological polar surface area (TPSA) is 188 Å². The van der Waals surface area contributed by atoms with E-state index >= 15 is 0 Å². The van der Waals surface area contributed by atoms with Crippen molar-refractivity contribution in [2.45, 2.75) is 159 Å². The molecular formula is C40H58Cl2FN5O5. The van der Waals surface area contributed by atoms with Crippen LogP contribution in [0.1, 0.15) is 130 Å². The smallest absolute Gasteiger partial charge is 0.407 e. The van der Waals surface area contributed by atoms with E-state index < -0.39 is 22.6 Å². The number of carbonyl (C=O) groups excluding carboxylic acids is 1. The second-order valence-electron chi connectivity index (χ2n) is 16.1. The van der Waals surface area contributed by atoms with Crippen LogP contribution in [0.25, 0.3) is 0 Å². The Balaban J connectivity index is 0.000000254. The molecule has 0 aliphatic heterocycles. The predicted octanol–water partition coefficient (Wildman–Crippen LogP) is 8.44. The van der Waals surface area contributed by atoms with E-state index in [4.69, 9.17) is 54.7 Å². The van der Waals surface area contributed by atoms with Gasteiger partial charge in [0.2, 0.25) is 0 Å². The Hall–Kier alpha value is -3.16. The minimum Gasteiger partial charge on any atom is -0.488 e. The lowest BCUT2D eigenvalue weighted by atomic mass is 9.84. The number of rotatable bonds is 3. The molecule has 3 saturated carbocycles. The van der Waals surface area contributed by atoms with E-state index in [1.54, 1.807) is 18.2 Å². The Labute approximate surface area is 324 Å². The average molecular weight is 779 g/mol. The molecule has 2 aromatic rings. The van der Waals surface area contributed by atoms with Crippen LogP contribution in [0.2, 0.25) is 10.0 Å². The third kappa shape index (κ3) is 18.1. The van der Waals surface area contributed by atoms with Gasteiger partial charge >= 0.3 is 6.09 Å². The number of benzene rings is 2. The largest absolute Gasteiger partial charge is 0.488 e. The highest BCUT2D eigenvalue weighted by atomic mass is 35.5. The van der Waals surface area contributed by atoms with Crippen LogP contribution in [0.15, 0.2) is 36.4 Å². The van der Waals surface area contributed by atoms with Crippen molar-refractivity contribution in [2.24, 2.45) is 11.5 Å². The van der Waals surface area contributed by atoms with Crippen LogP contribution in [-0.2, 0) is 4.74 Å². The number of amides is 1. The first-order valence-corrected chi connectivity index (χ1v) is 19.0. The molecule has 3 fully saturated rings. The summed E-state index contributed by atoms with van der Waals surface area (Å²) in [4.78, 5) is 11.5. The second kappa shape index (κ2) is 20.5. The zero-order valence-electron chi connectivity index (χ0n) is 32.0.